The first-order valence-electron chi connectivity index (χ1n) is 27.9. The average Bonchev–Trinajstić information content (AvgIpc) is 3.45. The Hall–Kier alpha value is -4.70. The topological polar surface area (TPSA) is 298 Å². The molecular formula is C57H91BClN11O11U. The zero-order chi connectivity index (χ0) is 61.0. The first-order chi connectivity index (χ1) is 39.2. The van der Waals surface area contributed by atoms with Crippen LogP contribution in [-0.4, -0.2) is 194 Å². The molecule has 22 nitrogen and oxygen atoms in total. The second-order valence-electron chi connectivity index (χ2n) is 21.0. The van der Waals surface area contributed by atoms with Crippen LogP contribution in [0.25, 0.3) is 0 Å². The number of alkyl carbamates (subject to hydrolysis) is 2. The Morgan fingerprint density at radius 2 is 0.976 bits per heavy atom. The summed E-state index contributed by atoms with van der Waals surface area (Å²) in [5.41, 5.74) is 19.0. The van der Waals surface area contributed by atoms with Crippen molar-refractivity contribution in [3.05, 3.63) is 108 Å². The van der Waals surface area contributed by atoms with Crippen LogP contribution in [0.15, 0.2) is 106 Å². The van der Waals surface area contributed by atoms with Crippen LogP contribution < -0.4 is 22.1 Å². The standard InChI is InChI=1S/C21H32N2O4.C16H24N2O2.C14H19NO4.C6H14N2O.BH.ClHN4.U/c1-21(2,3)27-20(25)22-18(16-17-8-5-4-6-9-17)19(24)10-7-11-23-12-14-26-15-13-23;17-15(13-14-5-2-1-3-6-14)16(19)7-4-8-18-9-11-20-12-10-18;1-14(2,3)19-13(18)15-11(12(16)17)9-10-7-5-4-6-8-10;7-1-2-8-3-5-9-6-4-8;;1-3-5-4-2;/h4-6,8-9,18H,7,10-16H2,1-3H3,(H,22,25);1-3,5-6,15H,4,7-13,17H2;4-8,11H,9H2,1-3H3,(H,15,18)(H,16,17);1-7H2;1H;2H;/t18-;15-;11-;;;;/m000..../s1/i;;;;1T;;. The molecule has 0 saturated carbocycles. The van der Waals surface area contributed by atoms with Crippen molar-refractivity contribution in [1.29, 1.82) is 6.87 Å². The maximum atomic E-state index is 12.8. The number of amides is 2. The van der Waals surface area contributed by atoms with E-state index in [1.807, 2.05) is 112 Å². The molecule has 2 radical (unpaired) electrons. The molecule has 454 valence electrons. The smallest absolute Gasteiger partial charge is 0.408 e. The SMILES string of the molecule is CC(C)(C)OC(=O)N[C@@H](Cc1ccccc1)C(=O)CCCN1CCOCC1.CC(C)(C)OC(=O)N[C@@H](Cc1ccccc1)C(=O)O.N=NN=NCl.NCCN1CCOCC1.N[C@@H](Cc1ccccc1)C(=O)CCCN1CCOCC1.[3H][B].[U]. The van der Waals surface area contributed by atoms with Crippen molar-refractivity contribution < 1.29 is 83.9 Å². The number of hydrogen-bond donors (Lipinski definition) is 6. The fourth-order valence-electron chi connectivity index (χ4n) is 8.01. The van der Waals surface area contributed by atoms with Crippen LogP contribution in [0.5, 0.6) is 0 Å². The first kappa shape index (κ1) is 75.3. The van der Waals surface area contributed by atoms with Crippen molar-refractivity contribution >= 4 is 49.9 Å². The molecule has 0 unspecified atom stereocenters. The number of morpholine rings is 3. The van der Waals surface area contributed by atoms with Crippen LogP contribution in [0.2, 0.25) is 0 Å². The Morgan fingerprint density at radius 1 is 0.634 bits per heavy atom. The monoisotopic (exact) mass is 1390 g/mol. The maximum absolute atomic E-state index is 12.8. The number of halogens is 1. The number of benzene rings is 3. The van der Waals surface area contributed by atoms with Crippen molar-refractivity contribution in [2.24, 2.45) is 26.5 Å². The first-order valence-corrected chi connectivity index (χ1v) is 27.7. The molecule has 3 fully saturated rings. The van der Waals surface area contributed by atoms with Crippen molar-refractivity contribution in [3.63, 3.8) is 0 Å². The number of rotatable bonds is 22. The quantitative estimate of drug-likeness (QED) is 0.0359. The van der Waals surface area contributed by atoms with E-state index in [2.05, 4.69) is 60.6 Å². The number of carboxylic acid groups (broad SMARTS) is 1. The average molecular weight is 1390 g/mol. The van der Waals surface area contributed by atoms with E-state index in [0.29, 0.717) is 25.7 Å². The zero-order valence-corrected chi connectivity index (χ0v) is 53.9. The number of carbonyl (C=O) groups is 5. The molecule has 0 bridgehead atoms. The Kier molecular flexibility index (Phi) is 42.0. The van der Waals surface area contributed by atoms with Crippen LogP contribution in [0.1, 0.15) is 83.9 Å². The minimum Gasteiger partial charge on any atom is -0.480 e. The molecule has 3 aliphatic rings. The molecule has 82 heavy (non-hydrogen) atoms. The number of Topliss-reactive ketones (excluding diaryl/α,β-unsaturated/α-hetero) is 2. The summed E-state index contributed by atoms with van der Waals surface area (Å²) in [7, 11) is 3.75. The van der Waals surface area contributed by atoms with E-state index in [0.717, 1.165) is 135 Å². The van der Waals surface area contributed by atoms with Crippen LogP contribution in [0.4, 0.5) is 9.59 Å². The predicted octanol–water partition coefficient (Wildman–Crippen LogP) is 6.42. The van der Waals surface area contributed by atoms with E-state index in [1.54, 1.807) is 20.8 Å². The summed E-state index contributed by atoms with van der Waals surface area (Å²) in [5.74, 6) is -0.880. The molecular weight excluding hydrogens is 1300 g/mol. The summed E-state index contributed by atoms with van der Waals surface area (Å²) in [6.07, 6.45) is 2.72. The molecule has 0 aliphatic carbocycles. The van der Waals surface area contributed by atoms with Gasteiger partial charge in [0, 0.05) is 111 Å². The Morgan fingerprint density at radius 3 is 1.30 bits per heavy atom. The summed E-state index contributed by atoms with van der Waals surface area (Å²) in [4.78, 5) is 66.7. The van der Waals surface area contributed by atoms with Gasteiger partial charge in [0.2, 0.25) is 0 Å². The van der Waals surface area contributed by atoms with Crippen molar-refractivity contribution in [1.82, 2.24) is 25.3 Å². The van der Waals surface area contributed by atoms with Crippen LogP contribution in [-0.2, 0) is 57.3 Å². The van der Waals surface area contributed by atoms with Gasteiger partial charge in [-0.1, -0.05) is 95.6 Å². The molecule has 0 spiro atoms. The van der Waals surface area contributed by atoms with E-state index < -0.39 is 41.4 Å². The second-order valence-corrected chi connectivity index (χ2v) is 21.1. The van der Waals surface area contributed by atoms with Gasteiger partial charge in [-0.15, -0.1) is 0 Å². The normalized spacial score (nSPS) is 15.8. The largest absolute Gasteiger partial charge is 0.480 e. The van der Waals surface area contributed by atoms with Gasteiger partial charge >= 0.3 is 18.2 Å². The van der Waals surface area contributed by atoms with Gasteiger partial charge < -0.3 is 50.9 Å². The zero-order valence-electron chi connectivity index (χ0n) is 50.0. The van der Waals surface area contributed by atoms with Crippen molar-refractivity contribution in [3.8, 4) is 0 Å². The molecule has 3 aliphatic heterocycles. The third kappa shape index (κ3) is 39.7. The van der Waals surface area contributed by atoms with Gasteiger partial charge in [-0.05, 0) is 109 Å². The van der Waals surface area contributed by atoms with E-state index >= 15 is 0 Å². The number of carboxylic acids is 1. The fourth-order valence-corrected chi connectivity index (χ4v) is 8.05. The summed E-state index contributed by atoms with van der Waals surface area (Å²) in [5, 5.41) is 19.3. The van der Waals surface area contributed by atoms with Gasteiger partial charge in [0.05, 0.1) is 63.5 Å². The summed E-state index contributed by atoms with van der Waals surface area (Å²) in [6, 6.07) is 26.8. The molecule has 3 atom stereocenters. The van der Waals surface area contributed by atoms with Crippen molar-refractivity contribution in [2.75, 3.05) is 105 Å². The Labute approximate surface area is 518 Å². The third-order valence-corrected chi connectivity index (χ3v) is 12.0. The predicted molar refractivity (Wildman–Crippen MR) is 315 cm³/mol. The molecule has 3 saturated heterocycles. The van der Waals surface area contributed by atoms with Gasteiger partial charge in [-0.3, -0.25) is 24.3 Å². The minimum atomic E-state index is -1.09. The Balaban J connectivity index is 0.00000108. The number of nitrogens with two attached hydrogens (primary N) is 2. The van der Waals surface area contributed by atoms with E-state index in [4.69, 9.17) is 47.1 Å². The number of ether oxygens (including phenoxy) is 5. The molecule has 25 heteroatoms. The van der Waals surface area contributed by atoms with Crippen LogP contribution >= 0.6 is 11.8 Å². The molecule has 8 N–H and O–H groups in total. The summed E-state index contributed by atoms with van der Waals surface area (Å²) < 4.78 is 34.0. The fraction of sp³-hybridized carbons (Fsp3) is 0.596. The number of aliphatic carboxylic acids is 1. The molecule has 3 aromatic carbocycles. The summed E-state index contributed by atoms with van der Waals surface area (Å²) in [6.45, 7) is 25.0. The van der Waals surface area contributed by atoms with E-state index in [9.17, 15) is 24.0 Å². The van der Waals surface area contributed by atoms with E-state index in [-0.39, 0.29) is 55.1 Å². The van der Waals surface area contributed by atoms with Gasteiger partial charge in [0.15, 0.2) is 5.78 Å². The van der Waals surface area contributed by atoms with Gasteiger partial charge in [-0.25, -0.2) is 14.4 Å². The number of nitrogens with zero attached hydrogens (tertiary/aromatic N) is 6. The van der Waals surface area contributed by atoms with Gasteiger partial charge in [0.1, 0.15) is 23.0 Å². The molecule has 3 heterocycles. The van der Waals surface area contributed by atoms with Crippen LogP contribution in [0, 0.1) is 36.6 Å². The second kappa shape index (κ2) is 45.7. The number of ketones is 2. The third-order valence-electron chi connectivity index (χ3n) is 12.0. The van der Waals surface area contributed by atoms with Gasteiger partial charge in [0.25, 0.3) is 0 Å². The Bertz CT molecular complexity index is 2210. The molecule has 6 rings (SSSR count). The maximum Gasteiger partial charge on any atom is 0.408 e. The van der Waals surface area contributed by atoms with E-state index in [1.165, 1.54) is 0 Å². The molecule has 0 aromatic heterocycles. The van der Waals surface area contributed by atoms with Gasteiger partial charge in [-0.2, -0.15) is 5.53 Å². The van der Waals surface area contributed by atoms with Crippen molar-refractivity contribution in [2.45, 2.75) is 116 Å². The molecule has 3 aromatic rings. The number of nitrogens with one attached hydrogen (secondary N) is 3. The van der Waals surface area contributed by atoms with Crippen LogP contribution in [0.3, 0.4) is 0 Å². The summed E-state index contributed by atoms with van der Waals surface area (Å²) >= 11 is 4.55. The number of carbonyl (C=O) groups excluding carboxylic acids is 4. The minimum absolute atomic E-state index is 0. The molecule has 2 amide bonds. The number of hydrogen-bond acceptors (Lipinski definition) is 17.